The molecule has 0 aromatic heterocycles. The van der Waals surface area contributed by atoms with Gasteiger partial charge in [0.15, 0.2) is 0 Å². The molecule has 6 aliphatic heterocycles. The summed E-state index contributed by atoms with van der Waals surface area (Å²) >= 11 is 0. The predicted octanol–water partition coefficient (Wildman–Crippen LogP) is 1.78. The molecule has 6 heteroatoms. The molecule has 5 saturated heterocycles. The molecule has 6 aliphatic rings. The number of nitrogens with zero attached hydrogens (tertiary/aromatic N) is 2. The molecular weight excluding hydrogens is 344 g/mol. The average Bonchev–Trinajstić information content (AvgIpc) is 3.13. The Morgan fingerprint density at radius 3 is 2.81 bits per heavy atom. The van der Waals surface area contributed by atoms with Crippen LogP contribution in [0.2, 0.25) is 0 Å². The highest BCUT2D eigenvalue weighted by molar-refractivity contribution is 6.02. The van der Waals surface area contributed by atoms with E-state index in [0.29, 0.717) is 6.42 Å². The van der Waals surface area contributed by atoms with Crippen molar-refractivity contribution in [3.05, 3.63) is 29.8 Å². The Bertz CT molecular complexity index is 917. The third kappa shape index (κ3) is 1.51. The second-order valence-electron chi connectivity index (χ2n) is 9.23. The molecule has 6 heterocycles. The molecule has 140 valence electrons. The summed E-state index contributed by atoms with van der Waals surface area (Å²) in [6, 6.07) is 8.07. The Kier molecular flexibility index (Phi) is 2.45. The van der Waals surface area contributed by atoms with Gasteiger partial charge < -0.3 is 19.3 Å². The van der Waals surface area contributed by atoms with Crippen LogP contribution in [0.1, 0.15) is 44.2 Å². The average molecular weight is 366 g/mol. The lowest BCUT2D eigenvalue weighted by Gasteiger charge is -2.44. The summed E-state index contributed by atoms with van der Waals surface area (Å²) in [5, 5.41) is 0. The topological polar surface area (TPSA) is 62.4 Å². The van der Waals surface area contributed by atoms with Gasteiger partial charge in [0.25, 0.3) is 0 Å². The molecule has 1 aromatic rings. The highest BCUT2D eigenvalue weighted by Gasteiger charge is 2.85. The number of hydrogen-bond acceptors (Lipinski definition) is 4. The molecule has 1 aromatic carbocycles. The molecule has 2 amide bonds. The van der Waals surface area contributed by atoms with Gasteiger partial charge in [0.2, 0.25) is 11.8 Å². The van der Waals surface area contributed by atoms with Gasteiger partial charge in [-0.1, -0.05) is 18.2 Å². The SMILES string of the molecule is C[C@@]12C[C@H]3C(=O)N4c5ccccc5[C@@H](N5CCCC5=O)C[C@H]4[C@]3(O1)[C@H]1O[C@H]12. The normalized spacial score (nSPS) is 48.6. The number of benzene rings is 1. The number of rotatable bonds is 1. The molecule has 0 aliphatic carbocycles. The van der Waals surface area contributed by atoms with Gasteiger partial charge in [0.05, 0.1) is 23.6 Å². The fourth-order valence-corrected chi connectivity index (χ4v) is 6.92. The van der Waals surface area contributed by atoms with Crippen molar-refractivity contribution >= 4 is 17.5 Å². The van der Waals surface area contributed by atoms with E-state index in [1.54, 1.807) is 0 Å². The number of carbonyl (C=O) groups excluding carboxylic acids is 2. The number of amides is 2. The third-order valence-corrected chi connectivity index (χ3v) is 7.96. The molecule has 0 radical (unpaired) electrons. The fraction of sp³-hybridized carbons (Fsp3) is 0.619. The van der Waals surface area contributed by atoms with E-state index < -0.39 is 5.60 Å². The monoisotopic (exact) mass is 366 g/mol. The van der Waals surface area contributed by atoms with Crippen LogP contribution in [0.25, 0.3) is 0 Å². The molecule has 6 nitrogen and oxygen atoms in total. The summed E-state index contributed by atoms with van der Waals surface area (Å²) in [5.74, 6) is 0.277. The number of ether oxygens (including phenoxy) is 2. The van der Waals surface area contributed by atoms with E-state index in [9.17, 15) is 9.59 Å². The first-order valence-corrected chi connectivity index (χ1v) is 10.1. The van der Waals surface area contributed by atoms with Gasteiger partial charge in [-0.05, 0) is 37.8 Å². The zero-order valence-corrected chi connectivity index (χ0v) is 15.3. The van der Waals surface area contributed by atoms with Crippen molar-refractivity contribution in [1.29, 1.82) is 0 Å². The van der Waals surface area contributed by atoms with Gasteiger partial charge in [-0.3, -0.25) is 9.59 Å². The van der Waals surface area contributed by atoms with Crippen LogP contribution in [0.3, 0.4) is 0 Å². The van der Waals surface area contributed by atoms with Crippen LogP contribution in [0, 0.1) is 5.92 Å². The fourth-order valence-electron chi connectivity index (χ4n) is 6.92. The van der Waals surface area contributed by atoms with Gasteiger partial charge in [0.1, 0.15) is 17.8 Å². The number of fused-ring (bicyclic) bond motifs is 6. The zero-order chi connectivity index (χ0) is 18.1. The minimum Gasteiger partial charge on any atom is -0.363 e. The number of para-hydroxylation sites is 1. The summed E-state index contributed by atoms with van der Waals surface area (Å²) < 4.78 is 12.7. The summed E-state index contributed by atoms with van der Waals surface area (Å²) in [5.41, 5.74) is 1.20. The van der Waals surface area contributed by atoms with E-state index in [2.05, 4.69) is 13.0 Å². The molecule has 0 unspecified atom stereocenters. The quantitative estimate of drug-likeness (QED) is 0.711. The lowest BCUT2D eigenvalue weighted by molar-refractivity contribution is -0.133. The van der Waals surface area contributed by atoms with E-state index in [1.807, 2.05) is 28.0 Å². The number of anilines is 1. The largest absolute Gasteiger partial charge is 0.363 e. The van der Waals surface area contributed by atoms with Crippen LogP contribution < -0.4 is 4.90 Å². The van der Waals surface area contributed by atoms with Gasteiger partial charge in [-0.2, -0.15) is 0 Å². The second-order valence-corrected chi connectivity index (χ2v) is 9.23. The smallest absolute Gasteiger partial charge is 0.233 e. The van der Waals surface area contributed by atoms with Crippen molar-refractivity contribution in [2.24, 2.45) is 5.92 Å². The highest BCUT2D eigenvalue weighted by atomic mass is 16.7. The molecule has 1 spiro atoms. The van der Waals surface area contributed by atoms with Gasteiger partial charge in [0, 0.05) is 18.7 Å². The summed E-state index contributed by atoms with van der Waals surface area (Å²) in [4.78, 5) is 30.0. The second kappa shape index (κ2) is 4.39. The van der Waals surface area contributed by atoms with Crippen molar-refractivity contribution in [2.45, 2.75) is 68.1 Å². The molecule has 7 rings (SSSR count). The van der Waals surface area contributed by atoms with Crippen molar-refractivity contribution in [2.75, 3.05) is 11.4 Å². The van der Waals surface area contributed by atoms with Crippen LogP contribution in [0.5, 0.6) is 0 Å². The Hall–Kier alpha value is -1.92. The Balaban J connectivity index is 1.40. The summed E-state index contributed by atoms with van der Waals surface area (Å²) in [6.45, 7) is 2.90. The first kappa shape index (κ1) is 15.1. The zero-order valence-electron chi connectivity index (χ0n) is 15.3. The van der Waals surface area contributed by atoms with Crippen LogP contribution in [-0.2, 0) is 19.1 Å². The Labute approximate surface area is 157 Å². The van der Waals surface area contributed by atoms with E-state index in [4.69, 9.17) is 9.47 Å². The molecule has 27 heavy (non-hydrogen) atoms. The summed E-state index contributed by atoms with van der Waals surface area (Å²) in [7, 11) is 0. The number of carbonyl (C=O) groups is 2. The van der Waals surface area contributed by atoms with E-state index in [0.717, 1.165) is 37.1 Å². The standard InChI is InChI=1S/C21H22N2O4/c1-20-10-12-19(25)23-13-6-3-2-5-11(13)14(22-8-4-7-16(22)24)9-15(23)21(12,27-20)18-17(20)26-18/h2-3,5-6,12,14-15,17-18H,4,7-10H2,1H3/t12-,14-,15-,17+,18-,20-,21-/m0/s1. The molecule has 5 fully saturated rings. The maximum atomic E-state index is 13.5. The van der Waals surface area contributed by atoms with Gasteiger partial charge in [-0.15, -0.1) is 0 Å². The maximum Gasteiger partial charge on any atom is 0.233 e. The molecule has 0 saturated carbocycles. The van der Waals surface area contributed by atoms with E-state index in [-0.39, 0.29) is 47.6 Å². The lowest BCUT2D eigenvalue weighted by Crippen LogP contribution is -2.54. The van der Waals surface area contributed by atoms with Crippen molar-refractivity contribution in [3.63, 3.8) is 0 Å². The lowest BCUT2D eigenvalue weighted by atomic mass is 9.72. The maximum absolute atomic E-state index is 13.5. The summed E-state index contributed by atoms with van der Waals surface area (Å²) in [6.07, 6.45) is 3.19. The molecular formula is C21H22N2O4. The number of hydrogen-bond donors (Lipinski definition) is 0. The van der Waals surface area contributed by atoms with E-state index >= 15 is 0 Å². The molecule has 7 atom stereocenters. The first-order valence-electron chi connectivity index (χ1n) is 10.1. The van der Waals surface area contributed by atoms with Crippen LogP contribution in [0.15, 0.2) is 24.3 Å². The first-order chi connectivity index (χ1) is 13.0. The van der Waals surface area contributed by atoms with Gasteiger partial charge in [-0.25, -0.2) is 0 Å². The number of epoxide rings is 1. The van der Waals surface area contributed by atoms with Gasteiger partial charge >= 0.3 is 0 Å². The van der Waals surface area contributed by atoms with Crippen LogP contribution in [0.4, 0.5) is 5.69 Å². The van der Waals surface area contributed by atoms with Crippen molar-refractivity contribution in [3.8, 4) is 0 Å². The third-order valence-electron chi connectivity index (χ3n) is 7.96. The number of likely N-dealkylation sites (tertiary alicyclic amines) is 1. The Morgan fingerprint density at radius 1 is 1.19 bits per heavy atom. The van der Waals surface area contributed by atoms with Crippen molar-refractivity contribution in [1.82, 2.24) is 4.90 Å². The van der Waals surface area contributed by atoms with E-state index in [1.165, 1.54) is 0 Å². The molecule has 0 N–H and O–H groups in total. The minimum absolute atomic E-state index is 0.0200. The predicted molar refractivity (Wildman–Crippen MR) is 95.0 cm³/mol. The van der Waals surface area contributed by atoms with Crippen LogP contribution in [-0.4, -0.2) is 52.7 Å². The highest BCUT2D eigenvalue weighted by Crippen LogP contribution is 2.69. The minimum atomic E-state index is -0.537. The molecule has 2 bridgehead atoms. The van der Waals surface area contributed by atoms with Crippen LogP contribution >= 0.6 is 0 Å². The van der Waals surface area contributed by atoms with Crippen molar-refractivity contribution < 1.29 is 19.1 Å². The Morgan fingerprint density at radius 2 is 2.04 bits per heavy atom.